The van der Waals surface area contributed by atoms with E-state index in [0.29, 0.717) is 16.3 Å². The predicted octanol–water partition coefficient (Wildman–Crippen LogP) is 1.96. The number of benzene rings is 1. The smallest absolute Gasteiger partial charge is 0.259 e. The van der Waals surface area contributed by atoms with E-state index in [1.54, 1.807) is 18.2 Å². The van der Waals surface area contributed by atoms with Crippen molar-refractivity contribution in [2.45, 2.75) is 0 Å². The summed E-state index contributed by atoms with van der Waals surface area (Å²) in [7, 11) is 0. The van der Waals surface area contributed by atoms with Crippen molar-refractivity contribution in [2.24, 2.45) is 0 Å². The fourth-order valence-corrected chi connectivity index (χ4v) is 1.45. The van der Waals surface area contributed by atoms with E-state index in [9.17, 15) is 4.79 Å². The maximum absolute atomic E-state index is 11.9. The molecule has 5 nitrogen and oxygen atoms in total. The normalized spacial score (nSPS) is 9.94. The molecule has 17 heavy (non-hydrogen) atoms. The van der Waals surface area contributed by atoms with Crippen molar-refractivity contribution in [3.63, 3.8) is 0 Å². The molecule has 0 spiro atoms. The maximum Gasteiger partial charge on any atom is 0.259 e. The van der Waals surface area contributed by atoms with E-state index < -0.39 is 5.91 Å². The van der Waals surface area contributed by atoms with Gasteiger partial charge in [-0.05, 0) is 24.3 Å². The Hall–Kier alpha value is -2.14. The van der Waals surface area contributed by atoms with Gasteiger partial charge in [-0.2, -0.15) is 0 Å². The van der Waals surface area contributed by atoms with Crippen LogP contribution in [0.25, 0.3) is 0 Å². The van der Waals surface area contributed by atoms with Gasteiger partial charge in [0.05, 0.1) is 10.6 Å². The summed E-state index contributed by atoms with van der Waals surface area (Å²) in [5, 5.41) is 2.85. The lowest BCUT2D eigenvalue weighted by atomic mass is 10.2. The Labute approximate surface area is 103 Å². The summed E-state index contributed by atoms with van der Waals surface area (Å²) in [6, 6.07) is 6.35. The van der Waals surface area contributed by atoms with Gasteiger partial charge in [0.15, 0.2) is 0 Å². The molecular formula is C11H9ClN4O. The molecule has 3 N–H and O–H groups in total. The molecule has 6 heteroatoms. The van der Waals surface area contributed by atoms with Crippen LogP contribution in [0.1, 0.15) is 10.4 Å². The quantitative estimate of drug-likeness (QED) is 0.796. The summed E-state index contributed by atoms with van der Waals surface area (Å²) < 4.78 is 0. The third kappa shape index (κ3) is 2.70. The van der Waals surface area contributed by atoms with E-state index in [2.05, 4.69) is 15.3 Å². The van der Waals surface area contributed by atoms with Crippen LogP contribution in [0.5, 0.6) is 0 Å². The van der Waals surface area contributed by atoms with Gasteiger partial charge < -0.3 is 5.73 Å². The predicted molar refractivity (Wildman–Crippen MR) is 65.8 cm³/mol. The molecule has 86 valence electrons. The Morgan fingerprint density at radius 2 is 2.00 bits per heavy atom. The van der Waals surface area contributed by atoms with Crippen LogP contribution in [0.15, 0.2) is 36.7 Å². The second kappa shape index (κ2) is 4.80. The largest absolute Gasteiger partial charge is 0.399 e. The number of nitrogen functional groups attached to an aromatic ring is 1. The van der Waals surface area contributed by atoms with Crippen LogP contribution in [-0.2, 0) is 0 Å². The van der Waals surface area contributed by atoms with Crippen LogP contribution in [0, 0.1) is 0 Å². The monoisotopic (exact) mass is 248 g/mol. The number of nitrogens with zero attached hydrogens (tertiary/aromatic N) is 2. The van der Waals surface area contributed by atoms with Crippen LogP contribution in [0.4, 0.5) is 11.6 Å². The molecule has 0 fully saturated rings. The molecule has 2 rings (SSSR count). The Morgan fingerprint density at radius 1 is 1.29 bits per heavy atom. The van der Waals surface area contributed by atoms with Gasteiger partial charge in [-0.25, -0.2) is 9.97 Å². The van der Waals surface area contributed by atoms with E-state index >= 15 is 0 Å². The van der Waals surface area contributed by atoms with Gasteiger partial charge in [0, 0.05) is 18.1 Å². The molecule has 1 aromatic heterocycles. The molecule has 0 bridgehead atoms. The van der Waals surface area contributed by atoms with E-state index in [1.165, 1.54) is 18.5 Å². The minimum Gasteiger partial charge on any atom is -0.399 e. The highest BCUT2D eigenvalue weighted by molar-refractivity contribution is 6.34. The number of hydrogen-bond donors (Lipinski definition) is 2. The highest BCUT2D eigenvalue weighted by Crippen LogP contribution is 2.19. The minimum absolute atomic E-state index is 0.219. The standard InChI is InChI=1S/C11H9ClN4O/c12-9-3-2-7(13)6-8(9)10(17)16-11-14-4-1-5-15-11/h1-6H,13H2,(H,14,15,16,17). The Morgan fingerprint density at radius 3 is 2.71 bits per heavy atom. The Kier molecular flexibility index (Phi) is 3.20. The summed E-state index contributed by atoms with van der Waals surface area (Å²) in [5.74, 6) is -0.176. The average molecular weight is 249 g/mol. The summed E-state index contributed by atoms with van der Waals surface area (Å²) in [4.78, 5) is 19.6. The molecule has 0 saturated heterocycles. The number of carbonyl (C=O) groups is 1. The summed E-state index contributed by atoms with van der Waals surface area (Å²) >= 11 is 5.90. The first-order chi connectivity index (χ1) is 8.16. The summed E-state index contributed by atoms with van der Waals surface area (Å²) in [6.45, 7) is 0. The lowest BCUT2D eigenvalue weighted by molar-refractivity contribution is 0.102. The first-order valence-electron chi connectivity index (χ1n) is 4.80. The van der Waals surface area contributed by atoms with Crippen LogP contribution >= 0.6 is 11.6 Å². The lowest BCUT2D eigenvalue weighted by Crippen LogP contribution is -2.14. The molecule has 0 aliphatic rings. The second-order valence-corrected chi connectivity index (χ2v) is 3.67. The third-order valence-electron chi connectivity index (χ3n) is 2.03. The molecule has 0 atom stereocenters. The van der Waals surface area contributed by atoms with Crippen molar-refractivity contribution >= 4 is 29.1 Å². The number of aromatic nitrogens is 2. The molecule has 0 unspecified atom stereocenters. The molecule has 0 aliphatic carbocycles. The zero-order valence-electron chi connectivity index (χ0n) is 8.72. The molecule has 0 saturated carbocycles. The fraction of sp³-hybridized carbons (Fsp3) is 0. The van der Waals surface area contributed by atoms with E-state index in [1.807, 2.05) is 0 Å². The number of halogens is 1. The van der Waals surface area contributed by atoms with Gasteiger partial charge in [0.1, 0.15) is 0 Å². The number of hydrogen-bond acceptors (Lipinski definition) is 4. The zero-order valence-corrected chi connectivity index (χ0v) is 9.48. The van der Waals surface area contributed by atoms with Crippen molar-refractivity contribution in [2.75, 3.05) is 11.1 Å². The van der Waals surface area contributed by atoms with Crippen LogP contribution in [-0.4, -0.2) is 15.9 Å². The molecule has 0 aliphatic heterocycles. The second-order valence-electron chi connectivity index (χ2n) is 3.27. The van der Waals surface area contributed by atoms with Gasteiger partial charge >= 0.3 is 0 Å². The lowest BCUT2D eigenvalue weighted by Gasteiger charge is -2.05. The van der Waals surface area contributed by atoms with E-state index in [0.717, 1.165) is 0 Å². The summed E-state index contributed by atoms with van der Waals surface area (Å²) in [6.07, 6.45) is 3.06. The van der Waals surface area contributed by atoms with Gasteiger partial charge in [-0.3, -0.25) is 10.1 Å². The third-order valence-corrected chi connectivity index (χ3v) is 2.36. The number of amides is 1. The number of carbonyl (C=O) groups excluding carboxylic acids is 1. The van der Waals surface area contributed by atoms with E-state index in [4.69, 9.17) is 17.3 Å². The van der Waals surface area contributed by atoms with Crippen LogP contribution in [0.3, 0.4) is 0 Å². The number of nitrogens with two attached hydrogens (primary N) is 1. The zero-order chi connectivity index (χ0) is 12.3. The van der Waals surface area contributed by atoms with E-state index in [-0.39, 0.29) is 5.95 Å². The molecule has 1 amide bonds. The van der Waals surface area contributed by atoms with Gasteiger partial charge in [-0.15, -0.1) is 0 Å². The Bertz CT molecular complexity index is 544. The average Bonchev–Trinajstić information content (AvgIpc) is 2.33. The number of anilines is 2. The molecule has 2 aromatic rings. The minimum atomic E-state index is -0.395. The molecule has 1 heterocycles. The van der Waals surface area contributed by atoms with Crippen LogP contribution in [0.2, 0.25) is 5.02 Å². The van der Waals surface area contributed by atoms with Crippen LogP contribution < -0.4 is 11.1 Å². The number of rotatable bonds is 2. The maximum atomic E-state index is 11.9. The summed E-state index contributed by atoms with van der Waals surface area (Å²) in [5.41, 5.74) is 6.35. The molecule has 1 aromatic carbocycles. The molecular weight excluding hydrogens is 240 g/mol. The topological polar surface area (TPSA) is 80.9 Å². The molecule has 0 radical (unpaired) electrons. The first kappa shape index (κ1) is 11.3. The van der Waals surface area contributed by atoms with Crippen molar-refractivity contribution in [3.8, 4) is 0 Å². The highest BCUT2D eigenvalue weighted by Gasteiger charge is 2.11. The van der Waals surface area contributed by atoms with Gasteiger partial charge in [-0.1, -0.05) is 11.6 Å². The van der Waals surface area contributed by atoms with Gasteiger partial charge in [0.2, 0.25) is 5.95 Å². The number of nitrogens with one attached hydrogen (secondary N) is 1. The van der Waals surface area contributed by atoms with Gasteiger partial charge in [0.25, 0.3) is 5.91 Å². The highest BCUT2D eigenvalue weighted by atomic mass is 35.5. The van der Waals surface area contributed by atoms with Crippen molar-refractivity contribution in [1.29, 1.82) is 0 Å². The first-order valence-corrected chi connectivity index (χ1v) is 5.18. The van der Waals surface area contributed by atoms with Crippen molar-refractivity contribution in [1.82, 2.24) is 9.97 Å². The Balaban J connectivity index is 2.23. The van der Waals surface area contributed by atoms with Crippen molar-refractivity contribution in [3.05, 3.63) is 47.2 Å². The fourth-order valence-electron chi connectivity index (χ4n) is 1.25. The SMILES string of the molecule is Nc1ccc(Cl)c(C(=O)Nc2ncccn2)c1. The van der Waals surface area contributed by atoms with Crippen molar-refractivity contribution < 1.29 is 4.79 Å².